The van der Waals surface area contributed by atoms with Gasteiger partial charge in [0.1, 0.15) is 0 Å². The number of benzene rings is 5. The zero-order valence-corrected chi connectivity index (χ0v) is 19.3. The van der Waals surface area contributed by atoms with E-state index in [0.29, 0.717) is 0 Å². The van der Waals surface area contributed by atoms with Crippen LogP contribution in [0.3, 0.4) is 0 Å². The first-order valence-electron chi connectivity index (χ1n) is 11.4. The lowest BCUT2D eigenvalue weighted by Gasteiger charge is -2.12. The van der Waals surface area contributed by atoms with Crippen LogP contribution in [0.15, 0.2) is 97.1 Å². The Morgan fingerprint density at radius 2 is 1.24 bits per heavy atom. The zero-order valence-electron chi connectivity index (χ0n) is 19.3. The SMILES string of the molecule is Cc1cc(C)c(C#C/C=C/c2cc3c(-c4ccccc4)cccc3c3ccccc23)c(C)c1. The lowest BCUT2D eigenvalue weighted by Crippen LogP contribution is -1.89. The topological polar surface area (TPSA) is 0 Å². The van der Waals surface area contributed by atoms with Gasteiger partial charge in [0.05, 0.1) is 0 Å². The maximum atomic E-state index is 3.36. The van der Waals surface area contributed by atoms with Gasteiger partial charge in [-0.2, -0.15) is 0 Å². The summed E-state index contributed by atoms with van der Waals surface area (Å²) in [6, 6.07) is 32.5. The van der Waals surface area contributed by atoms with E-state index in [1.54, 1.807) is 0 Å². The molecule has 0 aliphatic rings. The third kappa shape index (κ3) is 4.07. The molecule has 0 atom stereocenters. The van der Waals surface area contributed by atoms with Crippen molar-refractivity contribution in [2.75, 3.05) is 0 Å². The molecule has 0 saturated heterocycles. The summed E-state index contributed by atoms with van der Waals surface area (Å²) in [4.78, 5) is 0. The highest BCUT2D eigenvalue weighted by molar-refractivity contribution is 6.14. The molecular formula is C33H26. The summed E-state index contributed by atoms with van der Waals surface area (Å²) in [5.74, 6) is 6.64. The first-order chi connectivity index (χ1) is 16.1. The van der Waals surface area contributed by atoms with Gasteiger partial charge in [-0.05, 0) is 88.4 Å². The van der Waals surface area contributed by atoms with Crippen molar-refractivity contribution in [1.29, 1.82) is 0 Å². The van der Waals surface area contributed by atoms with Crippen molar-refractivity contribution < 1.29 is 0 Å². The molecule has 0 radical (unpaired) electrons. The Kier molecular flexibility index (Phi) is 5.55. The van der Waals surface area contributed by atoms with E-state index in [0.717, 1.165) is 5.56 Å². The van der Waals surface area contributed by atoms with Gasteiger partial charge in [-0.1, -0.05) is 102 Å². The monoisotopic (exact) mass is 422 g/mol. The van der Waals surface area contributed by atoms with Gasteiger partial charge in [0.15, 0.2) is 0 Å². The largest absolute Gasteiger partial charge is 0.0696 e. The molecule has 0 aromatic heterocycles. The molecule has 0 aliphatic heterocycles. The van der Waals surface area contributed by atoms with Crippen molar-refractivity contribution in [1.82, 2.24) is 0 Å². The second-order valence-electron chi connectivity index (χ2n) is 8.65. The average Bonchev–Trinajstić information content (AvgIpc) is 2.83. The highest BCUT2D eigenvalue weighted by Gasteiger charge is 2.09. The second-order valence-corrected chi connectivity index (χ2v) is 8.65. The number of allylic oxidation sites excluding steroid dienone is 1. The molecule has 0 aliphatic carbocycles. The van der Waals surface area contributed by atoms with Gasteiger partial charge in [0.2, 0.25) is 0 Å². The Bertz CT molecular complexity index is 1550. The van der Waals surface area contributed by atoms with Crippen LogP contribution < -0.4 is 0 Å². The van der Waals surface area contributed by atoms with E-state index < -0.39 is 0 Å². The van der Waals surface area contributed by atoms with Crippen molar-refractivity contribution in [2.24, 2.45) is 0 Å². The standard InChI is InChI=1S/C33H26/c1-23-20-24(2)28(25(3)21-23)15-8-7-14-27-22-33-29(26-12-5-4-6-13-26)18-11-19-32(33)31-17-10-9-16-30(27)31/h4-7,9-14,16-22H,1-3H3/b14-7+. The van der Waals surface area contributed by atoms with Gasteiger partial charge in [-0.3, -0.25) is 0 Å². The fourth-order valence-corrected chi connectivity index (χ4v) is 4.79. The van der Waals surface area contributed by atoms with Crippen LogP contribution in [0.1, 0.15) is 27.8 Å². The van der Waals surface area contributed by atoms with Gasteiger partial charge >= 0.3 is 0 Å². The Balaban J connectivity index is 1.64. The van der Waals surface area contributed by atoms with Crippen molar-refractivity contribution >= 4 is 27.6 Å². The Morgan fingerprint density at radius 1 is 0.606 bits per heavy atom. The van der Waals surface area contributed by atoms with Gasteiger partial charge < -0.3 is 0 Å². The lowest BCUT2D eigenvalue weighted by molar-refractivity contribution is 1.30. The minimum atomic E-state index is 1.12. The van der Waals surface area contributed by atoms with E-state index >= 15 is 0 Å². The number of hydrogen-bond donors (Lipinski definition) is 0. The second kappa shape index (κ2) is 8.81. The molecule has 5 aromatic carbocycles. The molecule has 0 fully saturated rings. The molecule has 0 bridgehead atoms. The molecule has 0 amide bonds. The van der Waals surface area contributed by atoms with Crippen LogP contribution in [0.5, 0.6) is 0 Å². The Morgan fingerprint density at radius 3 is 2.00 bits per heavy atom. The van der Waals surface area contributed by atoms with E-state index in [4.69, 9.17) is 0 Å². The van der Waals surface area contributed by atoms with E-state index in [2.05, 4.69) is 130 Å². The summed E-state index contributed by atoms with van der Waals surface area (Å²) in [6.07, 6.45) is 4.13. The molecule has 0 heteroatoms. The minimum Gasteiger partial charge on any atom is -0.0696 e. The lowest BCUT2D eigenvalue weighted by atomic mass is 9.92. The summed E-state index contributed by atoms with van der Waals surface area (Å²) in [6.45, 7) is 6.40. The highest BCUT2D eigenvalue weighted by atomic mass is 14.1. The third-order valence-electron chi connectivity index (χ3n) is 6.24. The van der Waals surface area contributed by atoms with Gasteiger partial charge in [-0.25, -0.2) is 0 Å². The van der Waals surface area contributed by atoms with Gasteiger partial charge in [0.25, 0.3) is 0 Å². The minimum absolute atomic E-state index is 1.12. The maximum Gasteiger partial charge on any atom is 0.0307 e. The molecule has 158 valence electrons. The molecule has 0 unspecified atom stereocenters. The molecule has 0 N–H and O–H groups in total. The third-order valence-corrected chi connectivity index (χ3v) is 6.24. The molecule has 0 saturated carbocycles. The predicted octanol–water partition coefficient (Wildman–Crippen LogP) is 8.65. The van der Waals surface area contributed by atoms with Crippen LogP contribution >= 0.6 is 0 Å². The fourth-order valence-electron chi connectivity index (χ4n) is 4.79. The van der Waals surface area contributed by atoms with Crippen LogP contribution in [-0.2, 0) is 0 Å². The van der Waals surface area contributed by atoms with Crippen LogP contribution in [0.2, 0.25) is 0 Å². The van der Waals surface area contributed by atoms with Crippen molar-refractivity contribution in [3.8, 4) is 23.0 Å². The van der Waals surface area contributed by atoms with E-state index in [-0.39, 0.29) is 0 Å². The summed E-state index contributed by atoms with van der Waals surface area (Å²) in [7, 11) is 0. The number of rotatable bonds is 2. The molecule has 0 nitrogen and oxygen atoms in total. The van der Waals surface area contributed by atoms with Crippen LogP contribution in [0, 0.1) is 32.6 Å². The quantitative estimate of drug-likeness (QED) is 0.197. The molecular weight excluding hydrogens is 396 g/mol. The highest BCUT2D eigenvalue weighted by Crippen LogP contribution is 2.35. The van der Waals surface area contributed by atoms with Gasteiger partial charge in [-0.15, -0.1) is 0 Å². The van der Waals surface area contributed by atoms with Crippen LogP contribution in [0.25, 0.3) is 38.7 Å². The van der Waals surface area contributed by atoms with E-state index in [1.807, 2.05) is 6.08 Å². The van der Waals surface area contributed by atoms with Crippen molar-refractivity contribution in [2.45, 2.75) is 20.8 Å². The van der Waals surface area contributed by atoms with Crippen molar-refractivity contribution in [3.05, 3.63) is 125 Å². The summed E-state index contributed by atoms with van der Waals surface area (Å²) < 4.78 is 0. The van der Waals surface area contributed by atoms with E-state index in [1.165, 1.54) is 54.9 Å². The van der Waals surface area contributed by atoms with Crippen LogP contribution in [0.4, 0.5) is 0 Å². The summed E-state index contributed by atoms with van der Waals surface area (Å²) in [5, 5.41) is 5.06. The predicted molar refractivity (Wildman–Crippen MR) is 143 cm³/mol. The zero-order chi connectivity index (χ0) is 22.8. The summed E-state index contributed by atoms with van der Waals surface area (Å²) >= 11 is 0. The van der Waals surface area contributed by atoms with Crippen molar-refractivity contribution in [3.63, 3.8) is 0 Å². The smallest absolute Gasteiger partial charge is 0.0307 e. The Labute approximate surface area is 196 Å². The first-order valence-corrected chi connectivity index (χ1v) is 11.4. The maximum absolute atomic E-state index is 3.36. The molecule has 0 heterocycles. The summed E-state index contributed by atoms with van der Waals surface area (Å²) in [5.41, 5.74) is 8.55. The first kappa shape index (κ1) is 20.8. The normalized spacial score (nSPS) is 11.1. The number of hydrogen-bond acceptors (Lipinski definition) is 0. The molecule has 33 heavy (non-hydrogen) atoms. The fraction of sp³-hybridized carbons (Fsp3) is 0.0909. The van der Waals surface area contributed by atoms with Crippen LogP contribution in [-0.4, -0.2) is 0 Å². The molecule has 5 aromatic rings. The average molecular weight is 423 g/mol. The number of fused-ring (bicyclic) bond motifs is 3. The number of aryl methyl sites for hydroxylation is 3. The van der Waals surface area contributed by atoms with E-state index in [9.17, 15) is 0 Å². The molecule has 5 rings (SSSR count). The molecule has 0 spiro atoms. The Hall–Kier alpha value is -4.08. The van der Waals surface area contributed by atoms with Gasteiger partial charge in [0, 0.05) is 5.56 Å².